The highest BCUT2D eigenvalue weighted by atomic mass is 32.1. The number of piperidine rings is 1. The van der Waals surface area contributed by atoms with Crippen LogP contribution in [-0.2, 0) is 6.54 Å². The lowest BCUT2D eigenvalue weighted by atomic mass is 10.2. The van der Waals surface area contributed by atoms with Crippen molar-refractivity contribution in [3.05, 3.63) is 40.7 Å². The second-order valence-electron chi connectivity index (χ2n) is 5.50. The van der Waals surface area contributed by atoms with Crippen molar-refractivity contribution in [2.24, 2.45) is 5.92 Å². The van der Waals surface area contributed by atoms with E-state index >= 15 is 0 Å². The molecule has 2 aromatic rings. The molecule has 5 nitrogen and oxygen atoms in total. The number of nitrogens with zero attached hydrogens (tertiary/aromatic N) is 2. The summed E-state index contributed by atoms with van der Waals surface area (Å²) in [6.45, 7) is 2.38. The number of likely N-dealkylation sites (tertiary alicyclic amines) is 1. The molecule has 6 heteroatoms. The zero-order chi connectivity index (χ0) is 13.6. The number of hydrogen-bond acceptors (Lipinski definition) is 5. The molecule has 1 aliphatic heterocycles. The molecule has 2 fully saturated rings. The summed E-state index contributed by atoms with van der Waals surface area (Å²) in [5.41, 5.74) is 0.105. The summed E-state index contributed by atoms with van der Waals surface area (Å²) >= 11 is 1.66. The van der Waals surface area contributed by atoms with Gasteiger partial charge in [-0.3, -0.25) is 4.79 Å². The zero-order valence-electron chi connectivity index (χ0n) is 10.9. The molecule has 104 valence electrons. The van der Waals surface area contributed by atoms with Crippen molar-refractivity contribution in [1.82, 2.24) is 15.2 Å². The van der Waals surface area contributed by atoms with E-state index in [1.54, 1.807) is 29.7 Å². The molecule has 0 radical (unpaired) electrons. The molecule has 2 aliphatic rings. The summed E-state index contributed by atoms with van der Waals surface area (Å²) < 4.78 is 5.19. The summed E-state index contributed by atoms with van der Waals surface area (Å²) in [7, 11) is 0. The third kappa shape index (κ3) is 1.96. The van der Waals surface area contributed by atoms with Gasteiger partial charge in [0.05, 0.1) is 6.26 Å². The zero-order valence-corrected chi connectivity index (χ0v) is 11.7. The maximum Gasteiger partial charge on any atom is 0.289 e. The lowest BCUT2D eigenvalue weighted by Crippen LogP contribution is -2.40. The van der Waals surface area contributed by atoms with Gasteiger partial charge in [0.1, 0.15) is 5.01 Å². The first-order valence-electron chi connectivity index (χ1n) is 6.73. The summed E-state index contributed by atoms with van der Waals surface area (Å²) in [5.74, 6) is 1.00. The number of nitrogens with one attached hydrogen (secondary N) is 1. The highest BCUT2D eigenvalue weighted by Crippen LogP contribution is 2.49. The van der Waals surface area contributed by atoms with Crippen molar-refractivity contribution in [3.63, 3.8) is 0 Å². The fraction of sp³-hybridized carbons (Fsp3) is 0.429. The fourth-order valence-corrected chi connectivity index (χ4v) is 3.62. The molecule has 1 saturated carbocycles. The molecule has 2 aromatic heterocycles. The Morgan fingerprint density at radius 1 is 1.65 bits per heavy atom. The number of fused-ring (bicyclic) bond motifs is 1. The molecular weight excluding hydrogens is 274 g/mol. The van der Waals surface area contributed by atoms with E-state index in [0.717, 1.165) is 31.1 Å². The van der Waals surface area contributed by atoms with E-state index in [1.165, 1.54) is 0 Å². The second kappa shape index (κ2) is 4.43. The lowest BCUT2D eigenvalue weighted by molar-refractivity contribution is 0.0737. The monoisotopic (exact) mass is 289 g/mol. The van der Waals surface area contributed by atoms with Crippen LogP contribution < -0.4 is 5.32 Å². The van der Waals surface area contributed by atoms with Crippen LogP contribution in [0.3, 0.4) is 0 Å². The van der Waals surface area contributed by atoms with Crippen LogP contribution in [-0.4, -0.2) is 34.4 Å². The van der Waals surface area contributed by atoms with Crippen molar-refractivity contribution >= 4 is 17.2 Å². The maximum absolute atomic E-state index is 12.2. The number of thiazole rings is 1. The minimum Gasteiger partial charge on any atom is -0.459 e. The van der Waals surface area contributed by atoms with E-state index < -0.39 is 0 Å². The van der Waals surface area contributed by atoms with Gasteiger partial charge >= 0.3 is 0 Å². The molecule has 0 aromatic carbocycles. The summed E-state index contributed by atoms with van der Waals surface area (Å²) in [4.78, 5) is 18.4. The summed E-state index contributed by atoms with van der Waals surface area (Å²) in [6, 6.07) is 3.47. The number of amides is 1. The average molecular weight is 289 g/mol. The Kier molecular flexibility index (Phi) is 2.68. The maximum atomic E-state index is 12.2. The molecule has 1 amide bonds. The van der Waals surface area contributed by atoms with Crippen LogP contribution in [0.15, 0.2) is 34.4 Å². The molecular formula is C14H15N3O2S. The third-order valence-corrected chi connectivity index (χ3v) is 5.02. The van der Waals surface area contributed by atoms with Gasteiger partial charge in [-0.2, -0.15) is 0 Å². The number of aromatic nitrogens is 1. The van der Waals surface area contributed by atoms with Crippen LogP contribution in [0.1, 0.15) is 22.0 Å². The van der Waals surface area contributed by atoms with Crippen LogP contribution in [0.4, 0.5) is 0 Å². The van der Waals surface area contributed by atoms with Crippen molar-refractivity contribution in [2.45, 2.75) is 18.5 Å². The van der Waals surface area contributed by atoms with E-state index in [2.05, 4.69) is 10.3 Å². The third-order valence-electron chi connectivity index (χ3n) is 4.24. The molecule has 1 aliphatic carbocycles. The smallest absolute Gasteiger partial charge is 0.289 e. The van der Waals surface area contributed by atoms with Crippen LogP contribution >= 0.6 is 11.3 Å². The normalized spacial score (nSPS) is 27.6. The van der Waals surface area contributed by atoms with Crippen LogP contribution in [0.25, 0.3) is 0 Å². The second-order valence-corrected chi connectivity index (χ2v) is 6.48. The van der Waals surface area contributed by atoms with Crippen molar-refractivity contribution in [1.29, 1.82) is 0 Å². The van der Waals surface area contributed by atoms with Gasteiger partial charge in [0.2, 0.25) is 0 Å². The molecule has 3 heterocycles. The Morgan fingerprint density at radius 2 is 2.60 bits per heavy atom. The van der Waals surface area contributed by atoms with Crippen molar-refractivity contribution in [3.8, 4) is 0 Å². The molecule has 1 N–H and O–H groups in total. The number of hydrogen-bond donors (Lipinski definition) is 1. The predicted octanol–water partition coefficient (Wildman–Crippen LogP) is 1.74. The Morgan fingerprint density at radius 3 is 3.35 bits per heavy atom. The quantitative estimate of drug-likeness (QED) is 0.931. The first kappa shape index (κ1) is 12.1. The standard InChI is InChI=1S/C14H15N3O2S/c18-13(11-2-1-4-19-11)17-8-10-6-14(10,9-17)16-7-12-15-3-5-20-12/h1-5,10,16H,6-9H2/t10-,14+/m1/s1. The Labute approximate surface area is 120 Å². The van der Waals surface area contributed by atoms with Gasteiger partial charge in [0.25, 0.3) is 5.91 Å². The van der Waals surface area contributed by atoms with Gasteiger partial charge in [-0.05, 0) is 24.5 Å². The van der Waals surface area contributed by atoms with E-state index in [-0.39, 0.29) is 11.4 Å². The number of carbonyl (C=O) groups excluding carboxylic acids is 1. The average Bonchev–Trinajstić information content (AvgIpc) is 3.02. The van der Waals surface area contributed by atoms with Gasteiger partial charge < -0.3 is 14.6 Å². The minimum atomic E-state index is -0.00220. The van der Waals surface area contributed by atoms with E-state index in [1.807, 2.05) is 16.5 Å². The topological polar surface area (TPSA) is 58.4 Å². The molecule has 4 rings (SSSR count). The molecule has 1 saturated heterocycles. The Hall–Kier alpha value is -1.66. The van der Waals surface area contributed by atoms with E-state index in [4.69, 9.17) is 4.42 Å². The van der Waals surface area contributed by atoms with Crippen LogP contribution in [0, 0.1) is 5.92 Å². The SMILES string of the molecule is O=C(c1ccco1)N1C[C@H]2C[C@]2(NCc2nccs2)C1. The van der Waals surface area contributed by atoms with Gasteiger partial charge in [0.15, 0.2) is 5.76 Å². The Balaban J connectivity index is 1.40. The Bertz CT molecular complexity index is 610. The molecule has 0 unspecified atom stereocenters. The highest BCUT2D eigenvalue weighted by molar-refractivity contribution is 7.09. The molecule has 0 spiro atoms. The molecule has 0 bridgehead atoms. The number of rotatable bonds is 4. The van der Waals surface area contributed by atoms with Gasteiger partial charge in [0, 0.05) is 36.8 Å². The van der Waals surface area contributed by atoms with Gasteiger partial charge in [-0.1, -0.05) is 0 Å². The summed E-state index contributed by atoms with van der Waals surface area (Å²) in [6.07, 6.45) is 4.52. The predicted molar refractivity (Wildman–Crippen MR) is 74.4 cm³/mol. The van der Waals surface area contributed by atoms with E-state index in [9.17, 15) is 4.79 Å². The molecule has 2 atom stereocenters. The fourth-order valence-electron chi connectivity index (χ4n) is 3.06. The van der Waals surface area contributed by atoms with Gasteiger partial charge in [-0.15, -0.1) is 11.3 Å². The largest absolute Gasteiger partial charge is 0.459 e. The highest BCUT2D eigenvalue weighted by Gasteiger charge is 2.60. The minimum absolute atomic E-state index is 0.00220. The first-order chi connectivity index (χ1) is 9.77. The molecule has 20 heavy (non-hydrogen) atoms. The first-order valence-corrected chi connectivity index (χ1v) is 7.61. The lowest BCUT2D eigenvalue weighted by Gasteiger charge is -2.20. The van der Waals surface area contributed by atoms with Crippen LogP contribution in [0.2, 0.25) is 0 Å². The van der Waals surface area contributed by atoms with Crippen molar-refractivity contribution in [2.75, 3.05) is 13.1 Å². The van der Waals surface area contributed by atoms with Gasteiger partial charge in [-0.25, -0.2) is 4.98 Å². The number of furan rings is 1. The van der Waals surface area contributed by atoms with Crippen molar-refractivity contribution < 1.29 is 9.21 Å². The van der Waals surface area contributed by atoms with E-state index in [0.29, 0.717) is 11.7 Å². The summed E-state index contributed by atoms with van der Waals surface area (Å²) in [5, 5.41) is 6.67. The van der Waals surface area contributed by atoms with Crippen LogP contribution in [0.5, 0.6) is 0 Å². The number of carbonyl (C=O) groups is 1.